The molecule has 0 aliphatic carbocycles. The van der Waals surface area contributed by atoms with Crippen LogP contribution in [-0.4, -0.2) is 10.9 Å². The standard InChI is InChI=1S/C13H10O2.C6H14/c14-12-9-5-4-8-11(12)13(15)10-6-2-1-3-7-10;1-3-5-6-4-2/h1-9,14H;3-6H2,1-2H3. The fourth-order valence-corrected chi connectivity index (χ4v) is 1.91. The van der Waals surface area contributed by atoms with E-state index in [0.29, 0.717) is 11.1 Å². The van der Waals surface area contributed by atoms with Crippen LogP contribution < -0.4 is 0 Å². The molecule has 21 heavy (non-hydrogen) atoms. The Morgan fingerprint density at radius 3 is 1.90 bits per heavy atom. The van der Waals surface area contributed by atoms with Crippen LogP contribution in [0.15, 0.2) is 54.6 Å². The van der Waals surface area contributed by atoms with Crippen molar-refractivity contribution >= 4 is 5.78 Å². The molecule has 0 amide bonds. The van der Waals surface area contributed by atoms with Gasteiger partial charge in [-0.15, -0.1) is 0 Å². The summed E-state index contributed by atoms with van der Waals surface area (Å²) in [6.07, 6.45) is 5.54. The van der Waals surface area contributed by atoms with Crippen molar-refractivity contribution in [1.82, 2.24) is 0 Å². The van der Waals surface area contributed by atoms with Crippen molar-refractivity contribution in [2.45, 2.75) is 39.5 Å². The third-order valence-corrected chi connectivity index (χ3v) is 3.14. The van der Waals surface area contributed by atoms with Crippen molar-refractivity contribution in [2.75, 3.05) is 0 Å². The van der Waals surface area contributed by atoms with Crippen LogP contribution >= 0.6 is 0 Å². The molecule has 0 saturated heterocycles. The molecule has 112 valence electrons. The molecule has 0 saturated carbocycles. The predicted octanol–water partition coefficient (Wildman–Crippen LogP) is 5.21. The molecule has 0 unspecified atom stereocenters. The van der Waals surface area contributed by atoms with Crippen molar-refractivity contribution in [1.29, 1.82) is 0 Å². The number of carbonyl (C=O) groups is 1. The number of hydrogen-bond donors (Lipinski definition) is 1. The number of phenolic OH excluding ortho intramolecular Hbond substituents is 1. The second-order valence-electron chi connectivity index (χ2n) is 4.92. The molecule has 0 aliphatic heterocycles. The molecular weight excluding hydrogens is 260 g/mol. The van der Waals surface area contributed by atoms with Crippen LogP contribution in [0.2, 0.25) is 0 Å². The van der Waals surface area contributed by atoms with Gasteiger partial charge in [-0.3, -0.25) is 4.79 Å². The van der Waals surface area contributed by atoms with Crippen LogP contribution in [-0.2, 0) is 0 Å². The molecular formula is C19H24O2. The fourth-order valence-electron chi connectivity index (χ4n) is 1.91. The van der Waals surface area contributed by atoms with E-state index >= 15 is 0 Å². The highest BCUT2D eigenvalue weighted by Crippen LogP contribution is 2.19. The first kappa shape index (κ1) is 17.0. The Labute approximate surface area is 127 Å². The molecule has 0 heterocycles. The van der Waals surface area contributed by atoms with Crippen molar-refractivity contribution in [3.8, 4) is 5.75 Å². The minimum Gasteiger partial charge on any atom is -0.507 e. The Hall–Kier alpha value is -2.09. The van der Waals surface area contributed by atoms with E-state index in [4.69, 9.17) is 0 Å². The van der Waals surface area contributed by atoms with Gasteiger partial charge < -0.3 is 5.11 Å². The van der Waals surface area contributed by atoms with Gasteiger partial charge in [-0.1, -0.05) is 82.0 Å². The molecule has 2 aromatic rings. The first-order valence-corrected chi connectivity index (χ1v) is 7.58. The van der Waals surface area contributed by atoms with Crippen molar-refractivity contribution in [3.63, 3.8) is 0 Å². The lowest BCUT2D eigenvalue weighted by Gasteiger charge is -2.02. The Kier molecular flexibility index (Phi) is 7.88. The minimum absolute atomic E-state index is 0.0198. The van der Waals surface area contributed by atoms with Crippen LogP contribution in [0.4, 0.5) is 0 Å². The molecule has 0 aromatic heterocycles. The molecule has 2 heteroatoms. The summed E-state index contributed by atoms with van der Waals surface area (Å²) in [5.41, 5.74) is 0.919. The molecule has 1 N–H and O–H groups in total. The van der Waals surface area contributed by atoms with Gasteiger partial charge in [-0.2, -0.15) is 0 Å². The summed E-state index contributed by atoms with van der Waals surface area (Å²) in [7, 11) is 0. The van der Waals surface area contributed by atoms with Crippen LogP contribution in [0.1, 0.15) is 55.5 Å². The van der Waals surface area contributed by atoms with Gasteiger partial charge in [0.15, 0.2) is 5.78 Å². The van der Waals surface area contributed by atoms with E-state index in [1.165, 1.54) is 31.7 Å². The molecule has 0 radical (unpaired) electrons. The highest BCUT2D eigenvalue weighted by molar-refractivity contribution is 6.10. The molecule has 0 atom stereocenters. The number of para-hydroxylation sites is 1. The van der Waals surface area contributed by atoms with Crippen molar-refractivity contribution in [2.24, 2.45) is 0 Å². The number of phenols is 1. The second-order valence-corrected chi connectivity index (χ2v) is 4.92. The minimum atomic E-state index is -0.159. The maximum Gasteiger partial charge on any atom is 0.196 e. The molecule has 0 aliphatic rings. The van der Waals surface area contributed by atoms with Crippen LogP contribution in [0.25, 0.3) is 0 Å². The van der Waals surface area contributed by atoms with Crippen molar-refractivity contribution in [3.05, 3.63) is 65.7 Å². The lowest BCUT2D eigenvalue weighted by atomic mass is 10.0. The lowest BCUT2D eigenvalue weighted by Crippen LogP contribution is -2.00. The molecule has 2 rings (SSSR count). The maximum atomic E-state index is 11.9. The Morgan fingerprint density at radius 1 is 0.857 bits per heavy atom. The maximum absolute atomic E-state index is 11.9. The summed E-state index contributed by atoms with van der Waals surface area (Å²) < 4.78 is 0. The third-order valence-electron chi connectivity index (χ3n) is 3.14. The summed E-state index contributed by atoms with van der Waals surface area (Å²) in [6.45, 7) is 4.46. The summed E-state index contributed by atoms with van der Waals surface area (Å²) in [5.74, 6) is -0.139. The van der Waals surface area contributed by atoms with Gasteiger partial charge in [-0.05, 0) is 12.1 Å². The van der Waals surface area contributed by atoms with E-state index in [-0.39, 0.29) is 11.5 Å². The fraction of sp³-hybridized carbons (Fsp3) is 0.316. The van der Waals surface area contributed by atoms with E-state index in [2.05, 4.69) is 13.8 Å². The summed E-state index contributed by atoms with van der Waals surface area (Å²) in [4.78, 5) is 11.9. The normalized spacial score (nSPS) is 9.62. The Balaban J connectivity index is 0.000000315. The molecule has 0 spiro atoms. The average molecular weight is 284 g/mol. The van der Waals surface area contributed by atoms with E-state index in [1.807, 2.05) is 6.07 Å². The number of rotatable bonds is 5. The highest BCUT2D eigenvalue weighted by atomic mass is 16.3. The number of carbonyl (C=O) groups excluding carboxylic acids is 1. The SMILES string of the molecule is CCCCCC.O=C(c1ccccc1)c1ccccc1O. The first-order valence-electron chi connectivity index (χ1n) is 7.58. The van der Waals surface area contributed by atoms with Gasteiger partial charge in [0.25, 0.3) is 0 Å². The topological polar surface area (TPSA) is 37.3 Å². The molecule has 0 fully saturated rings. The number of hydrogen-bond acceptors (Lipinski definition) is 2. The van der Waals surface area contributed by atoms with Gasteiger partial charge in [0.2, 0.25) is 0 Å². The quantitative estimate of drug-likeness (QED) is 0.604. The number of benzene rings is 2. The summed E-state index contributed by atoms with van der Waals surface area (Å²) >= 11 is 0. The second kappa shape index (κ2) is 9.76. The zero-order chi connectivity index (χ0) is 15.5. The third kappa shape index (κ3) is 5.82. The van der Waals surface area contributed by atoms with E-state index in [1.54, 1.807) is 42.5 Å². The van der Waals surface area contributed by atoms with Gasteiger partial charge >= 0.3 is 0 Å². The largest absolute Gasteiger partial charge is 0.507 e. The molecule has 2 nitrogen and oxygen atoms in total. The van der Waals surface area contributed by atoms with E-state index in [9.17, 15) is 9.90 Å². The highest BCUT2D eigenvalue weighted by Gasteiger charge is 2.11. The van der Waals surface area contributed by atoms with Gasteiger partial charge in [0.05, 0.1) is 5.56 Å². The van der Waals surface area contributed by atoms with E-state index in [0.717, 1.165) is 0 Å². The first-order chi connectivity index (χ1) is 10.2. The Bertz CT molecular complexity index is 528. The number of ketones is 1. The summed E-state index contributed by atoms with van der Waals surface area (Å²) in [5, 5.41) is 9.52. The number of aromatic hydroxyl groups is 1. The van der Waals surface area contributed by atoms with Crippen LogP contribution in [0.5, 0.6) is 5.75 Å². The molecule has 2 aromatic carbocycles. The zero-order valence-corrected chi connectivity index (χ0v) is 12.9. The number of unbranched alkanes of at least 4 members (excludes halogenated alkanes) is 3. The van der Waals surface area contributed by atoms with Crippen LogP contribution in [0.3, 0.4) is 0 Å². The monoisotopic (exact) mass is 284 g/mol. The lowest BCUT2D eigenvalue weighted by molar-refractivity contribution is 0.103. The van der Waals surface area contributed by atoms with Gasteiger partial charge in [-0.25, -0.2) is 0 Å². The predicted molar refractivity (Wildman–Crippen MR) is 87.8 cm³/mol. The van der Waals surface area contributed by atoms with Crippen LogP contribution in [0, 0.1) is 0 Å². The van der Waals surface area contributed by atoms with E-state index < -0.39 is 0 Å². The van der Waals surface area contributed by atoms with Gasteiger partial charge in [0, 0.05) is 5.56 Å². The zero-order valence-electron chi connectivity index (χ0n) is 12.9. The smallest absolute Gasteiger partial charge is 0.196 e. The summed E-state index contributed by atoms with van der Waals surface area (Å²) in [6, 6.07) is 15.5. The Morgan fingerprint density at radius 2 is 1.38 bits per heavy atom. The average Bonchev–Trinajstić information content (AvgIpc) is 2.54. The molecule has 0 bridgehead atoms. The van der Waals surface area contributed by atoms with Gasteiger partial charge in [0.1, 0.15) is 5.75 Å². The van der Waals surface area contributed by atoms with Crippen molar-refractivity contribution < 1.29 is 9.90 Å².